The molecule has 6 atom stereocenters. The topological polar surface area (TPSA) is 350 Å². The molecule has 0 saturated heterocycles. The van der Waals surface area contributed by atoms with Crippen molar-refractivity contribution in [1.29, 1.82) is 0 Å². The molecule has 2 aromatic carbocycles. The minimum absolute atomic E-state index is 0.0250. The lowest BCUT2D eigenvalue weighted by molar-refractivity contribution is -0.144. The molecule has 2 rings (SSSR count). The number of aliphatic carboxylic acids is 4. The summed E-state index contributed by atoms with van der Waals surface area (Å²) in [5, 5.41) is 52.8. The Morgan fingerprint density at radius 1 is 0.594 bits per heavy atom. The van der Waals surface area contributed by atoms with Gasteiger partial charge in [0.15, 0.2) is 16.7 Å². The molecule has 0 saturated carbocycles. The van der Waals surface area contributed by atoms with E-state index in [0.29, 0.717) is 16.9 Å². The van der Waals surface area contributed by atoms with Crippen LogP contribution in [0.15, 0.2) is 60.7 Å². The lowest BCUT2D eigenvalue weighted by Crippen LogP contribution is -2.53. The van der Waals surface area contributed by atoms with E-state index in [-0.39, 0.29) is 75.3 Å². The van der Waals surface area contributed by atoms with Crippen molar-refractivity contribution in [3.8, 4) is 0 Å². The zero-order valence-electron chi connectivity index (χ0n) is 38.0. The molecule has 12 N–H and O–H groups in total. The highest BCUT2D eigenvalue weighted by molar-refractivity contribution is 8.76. The molecule has 69 heavy (non-hydrogen) atoms. The highest BCUT2D eigenvalue weighted by Gasteiger charge is 2.32. The maximum atomic E-state index is 14.1. The number of rotatable bonds is 35. The van der Waals surface area contributed by atoms with Crippen LogP contribution in [0.1, 0.15) is 69.4 Å². The minimum Gasteiger partial charge on any atom is -0.481 e. The highest BCUT2D eigenvalue weighted by atomic mass is 33.1. The van der Waals surface area contributed by atoms with Gasteiger partial charge in [-0.25, -0.2) is 4.79 Å². The first-order chi connectivity index (χ1) is 32.8. The fourth-order valence-electron chi connectivity index (χ4n) is 6.45. The average Bonchev–Trinajstić information content (AvgIpc) is 3.30. The van der Waals surface area contributed by atoms with E-state index in [4.69, 9.17) is 23.1 Å². The molecule has 0 aliphatic carbocycles. The molecule has 0 radical (unpaired) electrons. The van der Waals surface area contributed by atoms with Gasteiger partial charge in [0.1, 0.15) is 12.1 Å². The zero-order valence-corrected chi connectivity index (χ0v) is 40.5. The van der Waals surface area contributed by atoms with Crippen molar-refractivity contribution in [2.45, 2.75) is 95.3 Å². The Balaban J connectivity index is 2.11. The maximum Gasteiger partial charge on any atom is 0.326 e. The monoisotopic (exact) mass is 1020 g/mol. The molecule has 0 heterocycles. The Labute approximate surface area is 412 Å². The van der Waals surface area contributed by atoms with E-state index < -0.39 is 114 Å². The van der Waals surface area contributed by atoms with E-state index in [0.717, 1.165) is 0 Å². The van der Waals surface area contributed by atoms with Crippen molar-refractivity contribution in [2.75, 3.05) is 31.1 Å². The predicted molar refractivity (Wildman–Crippen MR) is 261 cm³/mol. The summed E-state index contributed by atoms with van der Waals surface area (Å²) >= 11 is 5.07. The summed E-state index contributed by atoms with van der Waals surface area (Å²) in [6, 6.07) is 12.0. The van der Waals surface area contributed by atoms with Crippen LogP contribution in [0.25, 0.3) is 0 Å². The first-order valence-corrected chi connectivity index (χ1v) is 24.9. The SMILES string of the molecule is CCSSC[C@@H](CC(=O)[C@H](CC(=O)O)NC(=O)[C@@H](N)CNC(=O)[C@@H](CC(=O)[C@H](Cc1ccccc1)NC(=O)CCNC(=O)CC[C@H](NC(=S)NCCCC(=O)O)C(=O)O)Cc1ccccc1)C(=O)O. The molecule has 0 fully saturated rings. The van der Waals surface area contributed by atoms with Gasteiger partial charge in [0.25, 0.3) is 0 Å². The quantitative estimate of drug-likeness (QED) is 0.0261. The maximum absolute atomic E-state index is 14.1. The van der Waals surface area contributed by atoms with Crippen LogP contribution in [0, 0.1) is 11.8 Å². The largest absolute Gasteiger partial charge is 0.481 e. The van der Waals surface area contributed by atoms with Crippen LogP contribution in [0.2, 0.25) is 0 Å². The number of amides is 4. The summed E-state index contributed by atoms with van der Waals surface area (Å²) in [5.41, 5.74) is 7.46. The first kappa shape index (κ1) is 59.0. The Morgan fingerprint density at radius 3 is 1.78 bits per heavy atom. The van der Waals surface area contributed by atoms with Gasteiger partial charge in [0.05, 0.1) is 24.4 Å². The number of benzene rings is 2. The predicted octanol–water partition coefficient (Wildman–Crippen LogP) is 1.06. The molecule has 0 bridgehead atoms. The second kappa shape index (κ2) is 32.6. The Morgan fingerprint density at radius 2 is 1.20 bits per heavy atom. The van der Waals surface area contributed by atoms with Gasteiger partial charge in [-0.1, -0.05) is 89.2 Å². The molecule has 0 aliphatic heterocycles. The van der Waals surface area contributed by atoms with Crippen LogP contribution in [-0.2, 0) is 60.8 Å². The van der Waals surface area contributed by atoms with Crippen LogP contribution in [0.5, 0.6) is 0 Å². The van der Waals surface area contributed by atoms with E-state index >= 15 is 0 Å². The van der Waals surface area contributed by atoms with E-state index in [1.807, 2.05) is 6.92 Å². The molecule has 24 heteroatoms. The molecule has 378 valence electrons. The summed E-state index contributed by atoms with van der Waals surface area (Å²) in [4.78, 5) is 126. The number of nitrogens with two attached hydrogens (primary N) is 1. The van der Waals surface area contributed by atoms with Gasteiger partial charge in [0.2, 0.25) is 23.6 Å². The van der Waals surface area contributed by atoms with Crippen molar-refractivity contribution in [3.63, 3.8) is 0 Å². The van der Waals surface area contributed by atoms with E-state index in [9.17, 15) is 63.3 Å². The minimum atomic E-state index is -1.60. The fraction of sp³-hybridized carbons (Fsp3) is 0.489. The Hall–Kier alpha value is -6.11. The second-order valence-corrected chi connectivity index (χ2v) is 18.9. The molecule has 21 nitrogen and oxygen atoms in total. The van der Waals surface area contributed by atoms with Gasteiger partial charge in [-0.2, -0.15) is 0 Å². The van der Waals surface area contributed by atoms with Crippen molar-refractivity contribution in [1.82, 2.24) is 31.9 Å². The Kier molecular flexibility index (Phi) is 27.9. The highest BCUT2D eigenvalue weighted by Crippen LogP contribution is 2.25. The fourth-order valence-corrected chi connectivity index (χ4v) is 8.67. The van der Waals surface area contributed by atoms with Crippen LogP contribution < -0.4 is 37.6 Å². The van der Waals surface area contributed by atoms with Gasteiger partial charge < -0.3 is 58.1 Å². The zero-order chi connectivity index (χ0) is 51.3. The summed E-state index contributed by atoms with van der Waals surface area (Å²) in [5.74, 6) is -10.6. The lowest BCUT2D eigenvalue weighted by Gasteiger charge is -2.23. The summed E-state index contributed by atoms with van der Waals surface area (Å²) in [7, 11) is 2.64. The standard InChI is InChI=1S/C45H61N7O14S3/c1-2-68-69-26-30(43(63)64)23-36(54)34(24-40(59)60)51-42(62)31(46)25-49-41(61)29(20-27-10-5-3-6-11-27)22-35(53)33(21-28-12-7-4-8-13-28)50-38(56)17-19-47-37(55)16-15-32(44(65)66)52-45(67)48-18-9-14-39(57)58/h3-8,10-13,29-34H,2,9,14-26,46H2,1H3,(H,47,55)(H,49,61)(H,50,56)(H,51,62)(H,57,58)(H,59,60)(H,63,64)(H,65,66)(H2,48,52,67)/t29-,30-,31+,32+,33+,34+/m1/s1. The number of Topliss-reactive ketones (excluding diaryl/α,β-unsaturated/α-hetero) is 2. The van der Waals surface area contributed by atoms with Gasteiger partial charge in [0, 0.05) is 69.2 Å². The number of ketones is 2. The molecule has 0 aliphatic rings. The molecule has 4 amide bonds. The third kappa shape index (κ3) is 25.2. The van der Waals surface area contributed by atoms with Crippen LogP contribution >= 0.6 is 33.8 Å². The number of hydrogen-bond donors (Lipinski definition) is 11. The summed E-state index contributed by atoms with van der Waals surface area (Å²) < 4.78 is 0. The number of thiocarbonyl (C=S) groups is 1. The average molecular weight is 1020 g/mol. The number of hydrogen-bond acceptors (Lipinski definition) is 14. The van der Waals surface area contributed by atoms with Crippen LogP contribution in [-0.4, -0.2) is 140 Å². The van der Waals surface area contributed by atoms with Crippen molar-refractivity contribution in [2.24, 2.45) is 17.6 Å². The Bertz CT molecular complexity index is 2070. The number of carbonyl (C=O) groups excluding carboxylic acids is 6. The normalized spacial score (nSPS) is 13.4. The number of carboxylic acids is 4. The van der Waals surface area contributed by atoms with Crippen LogP contribution in [0.4, 0.5) is 0 Å². The van der Waals surface area contributed by atoms with Gasteiger partial charge in [-0.3, -0.25) is 43.2 Å². The van der Waals surface area contributed by atoms with Gasteiger partial charge in [-0.15, -0.1) is 0 Å². The number of nitrogens with one attached hydrogen (secondary N) is 6. The number of carbonyl (C=O) groups is 10. The molecular weight excluding hydrogens is 959 g/mol. The summed E-state index contributed by atoms with van der Waals surface area (Å²) in [6.07, 6.45) is -2.20. The van der Waals surface area contributed by atoms with Gasteiger partial charge >= 0.3 is 23.9 Å². The van der Waals surface area contributed by atoms with Crippen molar-refractivity contribution < 1.29 is 68.4 Å². The molecule has 0 unspecified atom stereocenters. The number of carboxylic acid groups (broad SMARTS) is 4. The van der Waals surface area contributed by atoms with E-state index in [1.165, 1.54) is 21.6 Å². The van der Waals surface area contributed by atoms with E-state index in [2.05, 4.69) is 31.9 Å². The smallest absolute Gasteiger partial charge is 0.326 e. The molecule has 0 spiro atoms. The first-order valence-electron chi connectivity index (χ1n) is 22.0. The lowest BCUT2D eigenvalue weighted by atomic mass is 9.89. The molecule has 0 aromatic heterocycles. The second-order valence-electron chi connectivity index (χ2n) is 15.7. The van der Waals surface area contributed by atoms with Crippen LogP contribution in [0.3, 0.4) is 0 Å². The third-order valence-corrected chi connectivity index (χ3v) is 12.9. The third-order valence-electron chi connectivity index (χ3n) is 10.1. The molecule has 2 aromatic rings. The molecular formula is C45H61N7O14S3. The van der Waals surface area contributed by atoms with Gasteiger partial charge in [-0.05, 0) is 49.0 Å². The summed E-state index contributed by atoms with van der Waals surface area (Å²) in [6.45, 7) is 1.40. The van der Waals surface area contributed by atoms with Crippen molar-refractivity contribution >= 4 is 98.0 Å². The van der Waals surface area contributed by atoms with E-state index in [1.54, 1.807) is 60.7 Å². The van der Waals surface area contributed by atoms with Crippen molar-refractivity contribution in [3.05, 3.63) is 71.8 Å².